The molecule has 1 atom stereocenters. The molecule has 0 spiro atoms. The molecule has 6 heteroatoms. The lowest BCUT2D eigenvalue weighted by molar-refractivity contribution is -0.167. The lowest BCUT2D eigenvalue weighted by Crippen LogP contribution is -2.30. The van der Waals surface area contributed by atoms with Gasteiger partial charge in [-0.3, -0.25) is 14.4 Å². The summed E-state index contributed by atoms with van der Waals surface area (Å²) in [5.74, 6) is -0.953. The largest absolute Gasteiger partial charge is 0.462 e. The van der Waals surface area contributed by atoms with Crippen molar-refractivity contribution >= 4 is 17.9 Å². The van der Waals surface area contributed by atoms with Crippen LogP contribution < -0.4 is 0 Å². The Balaban J connectivity index is 4.27. The van der Waals surface area contributed by atoms with Crippen LogP contribution in [0, 0.1) is 0 Å². The average Bonchev–Trinajstić information content (AvgIpc) is 3.33. The predicted octanol–water partition coefficient (Wildman–Crippen LogP) is 18.1. The van der Waals surface area contributed by atoms with Crippen LogP contribution in [0.3, 0.4) is 0 Å². The first-order chi connectivity index (χ1) is 33.0. The Labute approximate surface area is 412 Å². The van der Waals surface area contributed by atoms with Gasteiger partial charge in [-0.15, -0.1) is 0 Å². The molecule has 0 N–H and O–H groups in total. The number of hydrogen-bond acceptors (Lipinski definition) is 6. The summed E-state index contributed by atoms with van der Waals surface area (Å²) in [4.78, 5) is 37.9. The molecular formula is C61H98O6. The molecule has 0 aliphatic carbocycles. The first kappa shape index (κ1) is 62.8. The van der Waals surface area contributed by atoms with Crippen LogP contribution in [0.15, 0.2) is 122 Å². The van der Waals surface area contributed by atoms with Gasteiger partial charge >= 0.3 is 17.9 Å². The molecule has 0 saturated heterocycles. The molecule has 0 rings (SSSR count). The zero-order valence-corrected chi connectivity index (χ0v) is 43.1. The van der Waals surface area contributed by atoms with Crippen molar-refractivity contribution in [3.05, 3.63) is 122 Å². The first-order valence-corrected chi connectivity index (χ1v) is 27.0. The van der Waals surface area contributed by atoms with Gasteiger partial charge in [0.05, 0.1) is 0 Å². The molecule has 67 heavy (non-hydrogen) atoms. The van der Waals surface area contributed by atoms with E-state index in [1.807, 2.05) is 0 Å². The normalized spacial score (nSPS) is 13.1. The molecule has 0 saturated carbocycles. The van der Waals surface area contributed by atoms with Gasteiger partial charge in [0.15, 0.2) is 6.10 Å². The maximum absolute atomic E-state index is 12.7. The zero-order valence-electron chi connectivity index (χ0n) is 43.1. The number of esters is 3. The zero-order chi connectivity index (χ0) is 48.6. The minimum absolute atomic E-state index is 0.0969. The molecule has 0 aliphatic heterocycles. The van der Waals surface area contributed by atoms with Crippen molar-refractivity contribution in [1.29, 1.82) is 0 Å². The van der Waals surface area contributed by atoms with E-state index in [2.05, 4.69) is 142 Å². The van der Waals surface area contributed by atoms with E-state index in [0.717, 1.165) is 161 Å². The molecule has 6 nitrogen and oxygen atoms in total. The maximum atomic E-state index is 12.7. The van der Waals surface area contributed by atoms with Crippen molar-refractivity contribution in [2.24, 2.45) is 0 Å². The quantitative estimate of drug-likeness (QED) is 0.0262. The van der Waals surface area contributed by atoms with Gasteiger partial charge in [0.1, 0.15) is 13.2 Å². The third kappa shape index (κ3) is 52.6. The van der Waals surface area contributed by atoms with Crippen LogP contribution >= 0.6 is 0 Å². The second-order valence-electron chi connectivity index (χ2n) is 17.4. The molecule has 0 aliphatic rings. The van der Waals surface area contributed by atoms with Gasteiger partial charge in [-0.1, -0.05) is 206 Å². The highest BCUT2D eigenvalue weighted by molar-refractivity contribution is 5.71. The van der Waals surface area contributed by atoms with Gasteiger partial charge in [0.25, 0.3) is 0 Å². The highest BCUT2D eigenvalue weighted by Crippen LogP contribution is 2.13. The summed E-state index contributed by atoms with van der Waals surface area (Å²) in [6.45, 7) is 6.34. The van der Waals surface area contributed by atoms with E-state index in [4.69, 9.17) is 14.2 Å². The smallest absolute Gasteiger partial charge is 0.306 e. The minimum Gasteiger partial charge on any atom is -0.462 e. The third-order valence-corrected chi connectivity index (χ3v) is 10.9. The first-order valence-electron chi connectivity index (χ1n) is 27.0. The molecule has 1 unspecified atom stereocenters. The lowest BCUT2D eigenvalue weighted by Gasteiger charge is -2.18. The Morgan fingerprint density at radius 2 is 0.582 bits per heavy atom. The van der Waals surface area contributed by atoms with Gasteiger partial charge in [-0.05, 0) is 122 Å². The van der Waals surface area contributed by atoms with E-state index in [1.165, 1.54) is 25.7 Å². The number of rotatable bonds is 47. The summed E-state index contributed by atoms with van der Waals surface area (Å²) < 4.78 is 16.7. The topological polar surface area (TPSA) is 78.9 Å². The standard InChI is InChI=1S/C61H98O6/c1-4-7-10-13-16-19-22-23-24-25-26-27-28-29-30-31-32-33-34-35-36-37-38-39-40-43-45-48-51-54-60(63)66-57-58(67-61(64)55-52-49-46-42-21-18-15-12-9-6-3)56-65-59(62)53-50-47-44-41-20-17-14-11-8-5-2/h7,10-12,14-16,19,23-24,26-27,29-30,32-33,35-36,38-39,58H,4-6,8-9,13,17-18,20-22,25,28,31,34,37,40-57H2,1-3H3/b10-7-,14-11-,15-12-,19-16-,24-23-,27-26-,30-29-,33-32-,36-35-,39-38-. The lowest BCUT2D eigenvalue weighted by atomic mass is 10.1. The van der Waals surface area contributed by atoms with Crippen molar-refractivity contribution in [2.75, 3.05) is 13.2 Å². The highest BCUT2D eigenvalue weighted by atomic mass is 16.6. The van der Waals surface area contributed by atoms with Crippen LogP contribution in [-0.4, -0.2) is 37.2 Å². The fourth-order valence-electron chi connectivity index (χ4n) is 6.87. The number of ether oxygens (including phenoxy) is 3. The van der Waals surface area contributed by atoms with Gasteiger partial charge in [0.2, 0.25) is 0 Å². The molecular weight excluding hydrogens is 829 g/mol. The van der Waals surface area contributed by atoms with E-state index in [-0.39, 0.29) is 31.1 Å². The van der Waals surface area contributed by atoms with Gasteiger partial charge in [-0.2, -0.15) is 0 Å². The summed E-state index contributed by atoms with van der Waals surface area (Å²) in [5.41, 5.74) is 0. The Morgan fingerprint density at radius 1 is 0.313 bits per heavy atom. The van der Waals surface area contributed by atoms with E-state index in [9.17, 15) is 14.4 Å². The number of hydrogen-bond donors (Lipinski definition) is 0. The van der Waals surface area contributed by atoms with Crippen LogP contribution in [0.5, 0.6) is 0 Å². The second-order valence-corrected chi connectivity index (χ2v) is 17.4. The summed E-state index contributed by atoms with van der Waals surface area (Å²) in [6, 6.07) is 0. The Bertz CT molecular complexity index is 1440. The second kappa shape index (κ2) is 54.4. The average molecular weight is 927 g/mol. The highest BCUT2D eigenvalue weighted by Gasteiger charge is 2.19. The van der Waals surface area contributed by atoms with Crippen molar-refractivity contribution in [2.45, 2.75) is 232 Å². The summed E-state index contributed by atoms with van der Waals surface area (Å²) in [6.07, 6.45) is 74.9. The number of unbranched alkanes of at least 4 members (excludes halogenated alkanes) is 16. The molecule has 0 bridgehead atoms. The van der Waals surface area contributed by atoms with Crippen molar-refractivity contribution in [3.8, 4) is 0 Å². The van der Waals surface area contributed by atoms with Crippen molar-refractivity contribution in [1.82, 2.24) is 0 Å². The van der Waals surface area contributed by atoms with Crippen LogP contribution in [-0.2, 0) is 28.6 Å². The van der Waals surface area contributed by atoms with Crippen molar-refractivity contribution in [3.63, 3.8) is 0 Å². The number of carbonyl (C=O) groups is 3. The maximum Gasteiger partial charge on any atom is 0.306 e. The van der Waals surface area contributed by atoms with Gasteiger partial charge in [0, 0.05) is 19.3 Å². The fraction of sp³-hybridized carbons (Fsp3) is 0.623. The molecule has 0 amide bonds. The SMILES string of the molecule is CC/C=C\C/C=C\C/C=C\C/C=C\C/C=C\C/C=C\C/C=C\C/C=C\CCCCCCC(=O)OCC(COC(=O)CCCCCCC/C=C\CCC)OC(=O)CCCCCCC/C=C\CCC. The van der Waals surface area contributed by atoms with E-state index >= 15 is 0 Å². The predicted molar refractivity (Wildman–Crippen MR) is 288 cm³/mol. The molecule has 0 radical (unpaired) electrons. The monoisotopic (exact) mass is 927 g/mol. The van der Waals surface area contributed by atoms with E-state index < -0.39 is 6.10 Å². The van der Waals surface area contributed by atoms with Crippen LogP contribution in [0.4, 0.5) is 0 Å². The van der Waals surface area contributed by atoms with Crippen molar-refractivity contribution < 1.29 is 28.6 Å². The third-order valence-electron chi connectivity index (χ3n) is 10.9. The van der Waals surface area contributed by atoms with Crippen LogP contribution in [0.2, 0.25) is 0 Å². The van der Waals surface area contributed by atoms with Crippen LogP contribution in [0.25, 0.3) is 0 Å². The summed E-state index contributed by atoms with van der Waals surface area (Å²) in [5, 5.41) is 0. The molecule has 0 fully saturated rings. The molecule has 378 valence electrons. The Hall–Kier alpha value is -4.19. The van der Waals surface area contributed by atoms with E-state index in [0.29, 0.717) is 19.3 Å². The Morgan fingerprint density at radius 3 is 0.925 bits per heavy atom. The van der Waals surface area contributed by atoms with Crippen LogP contribution in [0.1, 0.15) is 226 Å². The molecule has 0 aromatic heterocycles. The fourth-order valence-corrected chi connectivity index (χ4v) is 6.87. The van der Waals surface area contributed by atoms with E-state index in [1.54, 1.807) is 0 Å². The molecule has 0 aromatic rings. The summed E-state index contributed by atoms with van der Waals surface area (Å²) >= 11 is 0. The number of carbonyl (C=O) groups excluding carboxylic acids is 3. The van der Waals surface area contributed by atoms with Gasteiger partial charge < -0.3 is 14.2 Å². The van der Waals surface area contributed by atoms with Gasteiger partial charge in [-0.25, -0.2) is 0 Å². The summed E-state index contributed by atoms with van der Waals surface area (Å²) in [7, 11) is 0. The minimum atomic E-state index is -0.797. The number of allylic oxidation sites excluding steroid dienone is 20. The molecule has 0 aromatic carbocycles. The molecule has 0 heterocycles. The Kier molecular flexibility index (Phi) is 51.0.